The third-order valence-electron chi connectivity index (χ3n) is 4.71. The van der Waals surface area contributed by atoms with Gasteiger partial charge < -0.3 is 5.21 Å². The van der Waals surface area contributed by atoms with E-state index in [1.54, 1.807) is 6.07 Å². The molecule has 126 valence electrons. The van der Waals surface area contributed by atoms with Gasteiger partial charge in [-0.2, -0.15) is 17.9 Å². The zero-order valence-electron chi connectivity index (χ0n) is 13.2. The lowest BCUT2D eigenvalue weighted by Crippen LogP contribution is -2.50. The van der Waals surface area contributed by atoms with Crippen LogP contribution in [-0.4, -0.2) is 23.0 Å². The first-order valence-corrected chi connectivity index (χ1v) is 10.1. The predicted molar refractivity (Wildman–Crippen MR) is 84.1 cm³/mol. The van der Waals surface area contributed by atoms with Crippen molar-refractivity contribution >= 4 is 13.4 Å². The molecule has 0 spiro atoms. The number of nitrogens with zero attached hydrogens (tertiary/aromatic N) is 2. The molecule has 1 N–H and O–H groups in total. The maximum atomic E-state index is 12.8. The fourth-order valence-electron chi connectivity index (χ4n) is 2.96. The van der Waals surface area contributed by atoms with Crippen LogP contribution in [0, 0.1) is 0 Å². The molecule has 0 aromatic rings. The summed E-state index contributed by atoms with van der Waals surface area (Å²) >= 11 is 0. The van der Waals surface area contributed by atoms with E-state index in [2.05, 4.69) is 4.98 Å². The van der Waals surface area contributed by atoms with Gasteiger partial charge >= 0.3 is 6.18 Å². The lowest BCUT2D eigenvalue weighted by molar-refractivity contribution is -0.138. The molecule has 8 heteroatoms. The third kappa shape index (κ3) is 2.99. The summed E-state index contributed by atoms with van der Waals surface area (Å²) in [7, 11) is -1.97. The first-order valence-electron chi connectivity index (χ1n) is 7.53. The van der Waals surface area contributed by atoms with Crippen molar-refractivity contribution in [3.63, 3.8) is 0 Å². The molecular formula is C15H19F3N2O2Si. The number of alkyl halides is 3. The van der Waals surface area contributed by atoms with E-state index in [1.165, 1.54) is 0 Å². The quantitative estimate of drug-likeness (QED) is 0.684. The van der Waals surface area contributed by atoms with Crippen LogP contribution in [0.5, 0.6) is 0 Å². The molecular weight excluding hydrogens is 325 g/mol. The number of aromatic nitrogens is 2. The van der Waals surface area contributed by atoms with E-state index in [9.17, 15) is 23.2 Å². The topological polar surface area (TPSA) is 55.1 Å². The monoisotopic (exact) mass is 344 g/mol. The summed E-state index contributed by atoms with van der Waals surface area (Å²) in [6, 6.07) is 4.95. The molecule has 23 heavy (non-hydrogen) atoms. The second-order valence-corrected chi connectivity index (χ2v) is 10.9. The van der Waals surface area contributed by atoms with Crippen LogP contribution in [0.3, 0.4) is 0 Å². The molecule has 0 atom stereocenters. The predicted octanol–water partition coefficient (Wildman–Crippen LogP) is 3.32. The molecule has 0 amide bonds. The molecule has 0 radical (unpaired) electrons. The summed E-state index contributed by atoms with van der Waals surface area (Å²) in [5.74, 6) is 0. The average Bonchev–Trinajstić information content (AvgIpc) is 2.49. The Morgan fingerprint density at radius 1 is 1.17 bits per heavy atom. The number of fused-ring (bicyclic) bond motifs is 1. The van der Waals surface area contributed by atoms with Crippen LogP contribution in [0.15, 0.2) is 23.1 Å². The van der Waals surface area contributed by atoms with E-state index in [4.69, 9.17) is 0 Å². The minimum absolute atomic E-state index is 0.0697. The molecule has 0 aromatic heterocycles. The van der Waals surface area contributed by atoms with Gasteiger partial charge in [-0.3, -0.25) is 4.79 Å². The van der Waals surface area contributed by atoms with Gasteiger partial charge in [0.2, 0.25) is 0 Å². The Bertz CT molecular complexity index is 730. The van der Waals surface area contributed by atoms with E-state index in [0.717, 1.165) is 24.2 Å². The standard InChI is InChI=1S/C15H19F3N2O2Si/c1-4-23(5-2,6-3)13-8-12-11(14(21)19-13)7-10(9-20(12)22)15(16,17)18/h7-9,22H,4-6H2,1-3H3. The van der Waals surface area contributed by atoms with Gasteiger partial charge in [0.05, 0.1) is 23.0 Å². The van der Waals surface area contributed by atoms with Crippen molar-refractivity contribution in [3.8, 4) is 11.3 Å². The SMILES string of the molecule is CC[Si](CC)(CC)c1cc2n(O)cc(C(F)(F)F)cc-2c(=O)n1. The first kappa shape index (κ1) is 17.5. The summed E-state index contributed by atoms with van der Waals surface area (Å²) in [5.41, 5.74) is -1.96. The van der Waals surface area contributed by atoms with E-state index in [0.29, 0.717) is 16.2 Å². The fraction of sp³-hybridized carbons (Fsp3) is 0.467. The van der Waals surface area contributed by atoms with E-state index < -0.39 is 25.4 Å². The third-order valence-corrected chi connectivity index (χ3v) is 10.1. The second-order valence-electron chi connectivity index (χ2n) is 5.66. The molecule has 2 rings (SSSR count). The average molecular weight is 344 g/mol. The Morgan fingerprint density at radius 2 is 1.74 bits per heavy atom. The number of hydrogen-bond acceptors (Lipinski definition) is 3. The van der Waals surface area contributed by atoms with Crippen LogP contribution in [0.2, 0.25) is 18.1 Å². The lowest BCUT2D eigenvalue weighted by Gasteiger charge is -2.28. The summed E-state index contributed by atoms with van der Waals surface area (Å²) in [4.78, 5) is 16.3. The molecule has 2 aliphatic heterocycles. The van der Waals surface area contributed by atoms with E-state index >= 15 is 0 Å². The largest absolute Gasteiger partial charge is 0.428 e. The first-order chi connectivity index (χ1) is 10.7. The van der Waals surface area contributed by atoms with Crippen molar-refractivity contribution in [2.45, 2.75) is 45.1 Å². The molecule has 0 aromatic carbocycles. The summed E-state index contributed by atoms with van der Waals surface area (Å²) in [5, 5.41) is 10.6. The Hall–Kier alpha value is -1.83. The molecule has 4 nitrogen and oxygen atoms in total. The van der Waals surface area contributed by atoms with E-state index in [1.807, 2.05) is 20.8 Å². The molecule has 0 unspecified atom stereocenters. The number of rotatable bonds is 4. The van der Waals surface area contributed by atoms with Crippen molar-refractivity contribution in [2.24, 2.45) is 0 Å². The van der Waals surface area contributed by atoms with E-state index in [-0.39, 0.29) is 11.3 Å². The molecule has 0 saturated heterocycles. The summed E-state index contributed by atoms with van der Waals surface area (Å²) < 4.78 is 38.8. The van der Waals surface area contributed by atoms with Gasteiger partial charge in [-0.25, -0.2) is 4.98 Å². The summed E-state index contributed by atoms with van der Waals surface area (Å²) in [6.07, 6.45) is -4.06. The van der Waals surface area contributed by atoms with Crippen LogP contribution in [-0.2, 0) is 6.18 Å². The van der Waals surface area contributed by atoms with Crippen molar-refractivity contribution in [1.82, 2.24) is 9.71 Å². The minimum Gasteiger partial charge on any atom is -0.428 e. The molecule has 0 bridgehead atoms. The minimum atomic E-state index is -4.64. The van der Waals surface area contributed by atoms with Crippen molar-refractivity contribution < 1.29 is 18.4 Å². The van der Waals surface area contributed by atoms with Crippen LogP contribution >= 0.6 is 0 Å². The zero-order chi connectivity index (χ0) is 17.4. The normalized spacial score (nSPS) is 12.8. The number of halogens is 3. The lowest BCUT2D eigenvalue weighted by atomic mass is 10.1. The van der Waals surface area contributed by atoms with Gasteiger partial charge in [-0.1, -0.05) is 38.9 Å². The van der Waals surface area contributed by atoms with Gasteiger partial charge in [0.1, 0.15) is 8.07 Å². The van der Waals surface area contributed by atoms with Gasteiger partial charge in [-0.15, -0.1) is 0 Å². The Kier molecular flexibility index (Phi) is 4.56. The van der Waals surface area contributed by atoms with Gasteiger partial charge in [0.15, 0.2) is 0 Å². The van der Waals surface area contributed by atoms with Crippen LogP contribution < -0.4 is 10.9 Å². The Balaban J connectivity index is 2.76. The Morgan fingerprint density at radius 3 is 2.22 bits per heavy atom. The molecule has 2 aliphatic rings. The highest BCUT2D eigenvalue weighted by molar-refractivity contribution is 6.91. The highest BCUT2D eigenvalue weighted by Gasteiger charge is 2.35. The number of pyridine rings is 2. The van der Waals surface area contributed by atoms with Crippen LogP contribution in [0.4, 0.5) is 13.2 Å². The highest BCUT2D eigenvalue weighted by Crippen LogP contribution is 2.32. The second kappa shape index (κ2) is 5.99. The highest BCUT2D eigenvalue weighted by atomic mass is 28.3. The number of hydrogen-bond donors (Lipinski definition) is 1. The van der Waals surface area contributed by atoms with Crippen molar-refractivity contribution in [2.75, 3.05) is 0 Å². The van der Waals surface area contributed by atoms with Gasteiger partial charge in [0.25, 0.3) is 5.56 Å². The summed E-state index contributed by atoms with van der Waals surface area (Å²) in [6.45, 7) is 6.11. The molecule has 0 aliphatic carbocycles. The van der Waals surface area contributed by atoms with Crippen LogP contribution in [0.1, 0.15) is 26.3 Å². The zero-order valence-corrected chi connectivity index (χ0v) is 14.2. The Labute approximate surface area is 132 Å². The molecule has 0 saturated carbocycles. The van der Waals surface area contributed by atoms with Gasteiger partial charge in [0, 0.05) is 5.32 Å². The maximum absolute atomic E-state index is 12.8. The van der Waals surface area contributed by atoms with Crippen molar-refractivity contribution in [1.29, 1.82) is 0 Å². The maximum Gasteiger partial charge on any atom is 0.417 e. The van der Waals surface area contributed by atoms with Crippen LogP contribution in [0.25, 0.3) is 11.3 Å². The van der Waals surface area contributed by atoms with Crippen molar-refractivity contribution in [3.05, 3.63) is 34.2 Å². The molecule has 0 fully saturated rings. The fourth-order valence-corrected chi connectivity index (χ4v) is 6.33. The van der Waals surface area contributed by atoms with Gasteiger partial charge in [-0.05, 0) is 12.1 Å². The smallest absolute Gasteiger partial charge is 0.417 e. The molecule has 2 heterocycles.